The molecule has 2 N–H and O–H groups in total. The van der Waals surface area contributed by atoms with Gasteiger partial charge in [-0.15, -0.1) is 0 Å². The molecule has 88 valence electrons. The molecule has 1 aliphatic rings. The second-order valence-corrected chi connectivity index (χ2v) is 4.46. The van der Waals surface area contributed by atoms with Gasteiger partial charge in [-0.05, 0) is 37.4 Å². The molecule has 3 nitrogen and oxygen atoms in total. The SMILES string of the molecule is COc1ccccc1CC1(CO)CCCN1. The van der Waals surface area contributed by atoms with Crippen LogP contribution < -0.4 is 10.1 Å². The predicted molar refractivity (Wildman–Crippen MR) is 63.8 cm³/mol. The average molecular weight is 221 g/mol. The third-order valence-corrected chi connectivity index (χ3v) is 3.36. The Kier molecular flexibility index (Phi) is 3.46. The lowest BCUT2D eigenvalue weighted by Crippen LogP contribution is -2.45. The van der Waals surface area contributed by atoms with E-state index in [0.717, 1.165) is 37.1 Å². The van der Waals surface area contributed by atoms with E-state index in [0.29, 0.717) is 0 Å². The highest BCUT2D eigenvalue weighted by atomic mass is 16.5. The Bertz CT molecular complexity index is 346. The first kappa shape index (κ1) is 11.4. The van der Waals surface area contributed by atoms with E-state index in [4.69, 9.17) is 4.74 Å². The summed E-state index contributed by atoms with van der Waals surface area (Å²) in [4.78, 5) is 0. The largest absolute Gasteiger partial charge is 0.496 e. The van der Waals surface area contributed by atoms with E-state index < -0.39 is 0 Å². The van der Waals surface area contributed by atoms with Crippen molar-refractivity contribution in [1.82, 2.24) is 5.32 Å². The van der Waals surface area contributed by atoms with Gasteiger partial charge in [0.2, 0.25) is 0 Å². The van der Waals surface area contributed by atoms with Gasteiger partial charge in [-0.1, -0.05) is 18.2 Å². The molecule has 1 aromatic carbocycles. The van der Waals surface area contributed by atoms with Gasteiger partial charge in [0.1, 0.15) is 5.75 Å². The van der Waals surface area contributed by atoms with Crippen molar-refractivity contribution in [1.29, 1.82) is 0 Å². The molecule has 1 unspecified atom stereocenters. The Balaban J connectivity index is 2.18. The summed E-state index contributed by atoms with van der Waals surface area (Å²) in [6.07, 6.45) is 2.99. The maximum absolute atomic E-state index is 9.54. The minimum absolute atomic E-state index is 0.144. The van der Waals surface area contributed by atoms with Crippen molar-refractivity contribution in [2.75, 3.05) is 20.3 Å². The molecule has 1 heterocycles. The lowest BCUT2D eigenvalue weighted by molar-refractivity contribution is 0.176. The highest BCUT2D eigenvalue weighted by Gasteiger charge is 2.33. The Morgan fingerprint density at radius 3 is 2.88 bits per heavy atom. The number of hydrogen-bond acceptors (Lipinski definition) is 3. The van der Waals surface area contributed by atoms with E-state index in [-0.39, 0.29) is 12.1 Å². The van der Waals surface area contributed by atoms with Gasteiger partial charge in [-0.3, -0.25) is 0 Å². The van der Waals surface area contributed by atoms with Gasteiger partial charge in [0.25, 0.3) is 0 Å². The van der Waals surface area contributed by atoms with Crippen LogP contribution in [-0.4, -0.2) is 30.9 Å². The summed E-state index contributed by atoms with van der Waals surface area (Å²) in [6, 6.07) is 8.01. The zero-order valence-corrected chi connectivity index (χ0v) is 9.70. The molecule has 16 heavy (non-hydrogen) atoms. The second kappa shape index (κ2) is 4.85. The van der Waals surface area contributed by atoms with E-state index in [2.05, 4.69) is 11.4 Å². The molecule has 0 saturated carbocycles. The third kappa shape index (κ3) is 2.20. The topological polar surface area (TPSA) is 41.5 Å². The molecule has 0 amide bonds. The molecule has 0 spiro atoms. The summed E-state index contributed by atoms with van der Waals surface area (Å²) >= 11 is 0. The van der Waals surface area contributed by atoms with E-state index in [1.165, 1.54) is 0 Å². The van der Waals surface area contributed by atoms with Crippen LogP contribution in [0.2, 0.25) is 0 Å². The number of benzene rings is 1. The van der Waals surface area contributed by atoms with E-state index in [9.17, 15) is 5.11 Å². The van der Waals surface area contributed by atoms with Gasteiger partial charge >= 0.3 is 0 Å². The fourth-order valence-electron chi connectivity index (χ4n) is 2.42. The summed E-state index contributed by atoms with van der Waals surface area (Å²) in [5, 5.41) is 13.0. The van der Waals surface area contributed by atoms with Crippen LogP contribution >= 0.6 is 0 Å². The summed E-state index contributed by atoms with van der Waals surface area (Å²) in [5.41, 5.74) is 1.02. The standard InChI is InChI=1S/C13H19NO2/c1-16-12-6-3-2-5-11(12)9-13(10-15)7-4-8-14-13/h2-3,5-6,14-15H,4,7-10H2,1H3. The fraction of sp³-hybridized carbons (Fsp3) is 0.538. The number of aliphatic hydroxyl groups excluding tert-OH is 1. The highest BCUT2D eigenvalue weighted by molar-refractivity contribution is 5.35. The van der Waals surface area contributed by atoms with Gasteiger partial charge < -0.3 is 15.2 Å². The first-order valence-corrected chi connectivity index (χ1v) is 5.77. The number of nitrogens with one attached hydrogen (secondary N) is 1. The van der Waals surface area contributed by atoms with Crippen LogP contribution in [-0.2, 0) is 6.42 Å². The van der Waals surface area contributed by atoms with Crippen LogP contribution in [0.25, 0.3) is 0 Å². The van der Waals surface area contributed by atoms with E-state index in [1.807, 2.05) is 18.2 Å². The zero-order valence-electron chi connectivity index (χ0n) is 9.70. The Labute approximate surface area is 96.4 Å². The maximum Gasteiger partial charge on any atom is 0.122 e. The monoisotopic (exact) mass is 221 g/mol. The number of hydrogen-bond donors (Lipinski definition) is 2. The third-order valence-electron chi connectivity index (χ3n) is 3.36. The maximum atomic E-state index is 9.54. The van der Waals surface area contributed by atoms with Crippen molar-refractivity contribution < 1.29 is 9.84 Å². The van der Waals surface area contributed by atoms with Crippen molar-refractivity contribution in [3.05, 3.63) is 29.8 Å². The highest BCUT2D eigenvalue weighted by Crippen LogP contribution is 2.28. The molecule has 1 fully saturated rings. The molecule has 0 bridgehead atoms. The van der Waals surface area contributed by atoms with Crippen molar-refractivity contribution in [3.63, 3.8) is 0 Å². The van der Waals surface area contributed by atoms with Gasteiger partial charge in [0.05, 0.1) is 13.7 Å². The molecule has 1 aromatic rings. The van der Waals surface area contributed by atoms with Crippen molar-refractivity contribution in [3.8, 4) is 5.75 Å². The Hall–Kier alpha value is -1.06. The number of aliphatic hydroxyl groups is 1. The molecular formula is C13H19NO2. The van der Waals surface area contributed by atoms with Gasteiger partial charge in [-0.2, -0.15) is 0 Å². The molecule has 1 atom stereocenters. The molecular weight excluding hydrogens is 202 g/mol. The van der Waals surface area contributed by atoms with Gasteiger partial charge in [0, 0.05) is 5.54 Å². The fourth-order valence-corrected chi connectivity index (χ4v) is 2.42. The Morgan fingerprint density at radius 2 is 2.25 bits per heavy atom. The molecule has 2 rings (SSSR count). The summed E-state index contributed by atoms with van der Waals surface area (Å²) in [5.74, 6) is 0.907. The number of para-hydroxylation sites is 1. The lowest BCUT2D eigenvalue weighted by Gasteiger charge is -2.27. The van der Waals surface area contributed by atoms with Crippen LogP contribution in [0.1, 0.15) is 18.4 Å². The van der Waals surface area contributed by atoms with Crippen LogP contribution in [0.5, 0.6) is 5.75 Å². The zero-order chi connectivity index (χ0) is 11.4. The summed E-state index contributed by atoms with van der Waals surface area (Å²) in [6.45, 7) is 1.18. The van der Waals surface area contributed by atoms with Crippen LogP contribution in [0.4, 0.5) is 0 Å². The van der Waals surface area contributed by atoms with E-state index >= 15 is 0 Å². The van der Waals surface area contributed by atoms with Gasteiger partial charge in [0.15, 0.2) is 0 Å². The quantitative estimate of drug-likeness (QED) is 0.806. The van der Waals surface area contributed by atoms with Crippen LogP contribution in [0.15, 0.2) is 24.3 Å². The minimum atomic E-state index is -0.144. The lowest BCUT2D eigenvalue weighted by atomic mass is 9.90. The summed E-state index contributed by atoms with van der Waals surface area (Å²) < 4.78 is 5.34. The normalized spacial score (nSPS) is 24.6. The van der Waals surface area contributed by atoms with Crippen molar-refractivity contribution in [2.45, 2.75) is 24.8 Å². The average Bonchev–Trinajstić information content (AvgIpc) is 2.79. The first-order chi connectivity index (χ1) is 7.79. The minimum Gasteiger partial charge on any atom is -0.496 e. The van der Waals surface area contributed by atoms with Gasteiger partial charge in [-0.25, -0.2) is 0 Å². The predicted octanol–water partition coefficient (Wildman–Crippen LogP) is 1.35. The smallest absolute Gasteiger partial charge is 0.122 e. The van der Waals surface area contributed by atoms with Crippen molar-refractivity contribution in [2.24, 2.45) is 0 Å². The number of ether oxygens (including phenoxy) is 1. The summed E-state index contributed by atoms with van der Waals surface area (Å²) in [7, 11) is 1.69. The molecule has 0 aliphatic carbocycles. The number of methoxy groups -OCH3 is 1. The second-order valence-electron chi connectivity index (χ2n) is 4.46. The molecule has 0 radical (unpaired) electrons. The van der Waals surface area contributed by atoms with Crippen molar-refractivity contribution >= 4 is 0 Å². The Morgan fingerprint density at radius 1 is 1.44 bits per heavy atom. The van der Waals surface area contributed by atoms with Crippen LogP contribution in [0.3, 0.4) is 0 Å². The first-order valence-electron chi connectivity index (χ1n) is 5.77. The number of rotatable bonds is 4. The van der Waals surface area contributed by atoms with Crippen LogP contribution in [0, 0.1) is 0 Å². The van der Waals surface area contributed by atoms with E-state index in [1.54, 1.807) is 7.11 Å². The molecule has 1 saturated heterocycles. The molecule has 0 aromatic heterocycles. The molecule has 1 aliphatic heterocycles. The molecule has 3 heteroatoms.